The molecule has 1 unspecified atom stereocenters. The second-order valence-electron chi connectivity index (χ2n) is 9.74. The van der Waals surface area contributed by atoms with Gasteiger partial charge in [0.15, 0.2) is 5.44 Å². The van der Waals surface area contributed by atoms with Crippen molar-refractivity contribution in [2.45, 2.75) is 82.2 Å². The zero-order chi connectivity index (χ0) is 26.4. The van der Waals surface area contributed by atoms with Gasteiger partial charge < -0.3 is 30.3 Å². The van der Waals surface area contributed by atoms with Crippen LogP contribution in [-0.2, 0) is 24.4 Å². The Labute approximate surface area is 231 Å². The second-order valence-corrected chi connectivity index (χ2v) is 11.2. The van der Waals surface area contributed by atoms with E-state index in [4.69, 9.17) is 4.74 Å². The zero-order valence-corrected chi connectivity index (χ0v) is 23.6. The predicted molar refractivity (Wildman–Crippen MR) is 118 cm³/mol. The number of hydrogen-bond acceptors (Lipinski definition) is 8. The van der Waals surface area contributed by atoms with Gasteiger partial charge in [0, 0.05) is 25.3 Å². The number of nitrogens with one attached hydrogen (secondary N) is 3. The molecule has 1 aliphatic carbocycles. The standard InChI is InChI=1S/C21H35F2N3O8S.Na/c1-12(2)9-15(26-20(30)34-11-13-3-6-21(22,23)7-4-13)18(28)25-16(19(29)35(31,32)33)10-14-5-8-24-17(14)27;/h12-16,19,29H,3-11H2,1-2H3,(H,24,27)(H,25,28)(H,26,30)(H,31,32,33);/q;+1/p-1/t14-,15-,16-,19?;/m0./s1. The first-order chi connectivity index (χ1) is 16.2. The van der Waals surface area contributed by atoms with Crippen LogP contribution in [0.3, 0.4) is 0 Å². The van der Waals surface area contributed by atoms with Gasteiger partial charge in [0.1, 0.15) is 16.2 Å². The first-order valence-corrected chi connectivity index (χ1v) is 13.2. The van der Waals surface area contributed by atoms with Crippen molar-refractivity contribution < 1.29 is 75.5 Å². The van der Waals surface area contributed by atoms with Crippen molar-refractivity contribution in [1.82, 2.24) is 16.0 Å². The molecule has 2 aliphatic rings. The molecular formula is C21H34F2N3NaO8S. The van der Waals surface area contributed by atoms with Crippen LogP contribution in [0.4, 0.5) is 13.6 Å². The Kier molecular flexibility index (Phi) is 13.0. The van der Waals surface area contributed by atoms with Crippen molar-refractivity contribution >= 4 is 28.0 Å². The van der Waals surface area contributed by atoms with E-state index in [0.717, 1.165) is 0 Å². The number of ether oxygens (including phenoxy) is 1. The summed E-state index contributed by atoms with van der Waals surface area (Å²) in [6.45, 7) is 3.79. The molecule has 2 rings (SSSR count). The van der Waals surface area contributed by atoms with Crippen LogP contribution in [0.25, 0.3) is 0 Å². The van der Waals surface area contributed by atoms with Gasteiger partial charge in [-0.15, -0.1) is 0 Å². The van der Waals surface area contributed by atoms with E-state index in [0.29, 0.717) is 13.0 Å². The Morgan fingerprint density at radius 3 is 2.33 bits per heavy atom. The zero-order valence-electron chi connectivity index (χ0n) is 20.8. The fraction of sp³-hybridized carbons (Fsp3) is 0.857. The molecule has 4 N–H and O–H groups in total. The molecule has 0 spiro atoms. The van der Waals surface area contributed by atoms with Crippen LogP contribution in [0, 0.1) is 17.8 Å². The minimum atomic E-state index is -5.21. The predicted octanol–water partition coefficient (Wildman–Crippen LogP) is -2.17. The number of aliphatic hydroxyl groups is 1. The van der Waals surface area contributed by atoms with Crippen LogP contribution in [-0.4, -0.2) is 72.6 Å². The number of hydrogen-bond donors (Lipinski definition) is 4. The SMILES string of the molecule is CC(C)C[C@H](NC(=O)OCC1CCC(F)(F)CC1)C(=O)N[C@@H](C[C@@H]1CCNC1=O)C(O)S(=O)(=O)[O-].[Na+]. The fourth-order valence-corrected chi connectivity index (χ4v) is 4.84. The fourth-order valence-electron chi connectivity index (χ4n) is 4.25. The third-order valence-corrected chi connectivity index (χ3v) is 7.19. The van der Waals surface area contributed by atoms with Gasteiger partial charge in [0.2, 0.25) is 17.7 Å². The number of alkyl carbamates (subject to hydrolysis) is 1. The summed E-state index contributed by atoms with van der Waals surface area (Å²) in [7, 11) is -5.21. The maximum Gasteiger partial charge on any atom is 1.00 e. The topological polar surface area (TPSA) is 174 Å². The van der Waals surface area contributed by atoms with Crippen molar-refractivity contribution in [3.8, 4) is 0 Å². The quantitative estimate of drug-likeness (QED) is 0.166. The first-order valence-electron chi connectivity index (χ1n) is 11.7. The average molecular weight is 550 g/mol. The molecule has 0 bridgehead atoms. The minimum Gasteiger partial charge on any atom is -0.746 e. The van der Waals surface area contributed by atoms with Gasteiger partial charge in [0.25, 0.3) is 0 Å². The summed E-state index contributed by atoms with van der Waals surface area (Å²) in [4.78, 5) is 37.1. The van der Waals surface area contributed by atoms with Crippen LogP contribution in [0.5, 0.6) is 0 Å². The summed E-state index contributed by atoms with van der Waals surface area (Å²) in [6, 6.07) is -2.77. The summed E-state index contributed by atoms with van der Waals surface area (Å²) in [6.07, 6.45) is -0.948. The second kappa shape index (κ2) is 14.2. The summed E-state index contributed by atoms with van der Waals surface area (Å²) in [5.74, 6) is -4.99. The number of alkyl halides is 2. The monoisotopic (exact) mass is 549 g/mol. The molecule has 1 saturated heterocycles. The summed E-state index contributed by atoms with van der Waals surface area (Å²) >= 11 is 0. The molecule has 1 aliphatic heterocycles. The van der Waals surface area contributed by atoms with E-state index in [1.165, 1.54) is 0 Å². The molecule has 36 heavy (non-hydrogen) atoms. The largest absolute Gasteiger partial charge is 1.00 e. The third kappa shape index (κ3) is 10.7. The molecule has 4 atom stereocenters. The van der Waals surface area contributed by atoms with Crippen molar-refractivity contribution in [1.29, 1.82) is 0 Å². The molecule has 1 heterocycles. The number of rotatable bonds is 11. The van der Waals surface area contributed by atoms with Gasteiger partial charge in [-0.25, -0.2) is 22.0 Å². The first kappa shape index (κ1) is 33.0. The van der Waals surface area contributed by atoms with Gasteiger partial charge in [-0.3, -0.25) is 9.59 Å². The molecule has 202 valence electrons. The minimum absolute atomic E-state index is 0. The Hall–Kier alpha value is -1.06. The molecule has 2 fully saturated rings. The normalized spacial score (nSPS) is 22.6. The van der Waals surface area contributed by atoms with E-state index in [2.05, 4.69) is 16.0 Å². The summed E-state index contributed by atoms with van der Waals surface area (Å²) in [5, 5.41) is 17.3. The van der Waals surface area contributed by atoms with Gasteiger partial charge in [-0.05, 0) is 43.9 Å². The van der Waals surface area contributed by atoms with Crippen LogP contribution >= 0.6 is 0 Å². The van der Waals surface area contributed by atoms with E-state index in [-0.39, 0.29) is 92.4 Å². The van der Waals surface area contributed by atoms with Crippen LogP contribution < -0.4 is 45.5 Å². The average Bonchev–Trinajstić information content (AvgIpc) is 3.14. The van der Waals surface area contributed by atoms with Gasteiger partial charge >= 0.3 is 35.7 Å². The summed E-state index contributed by atoms with van der Waals surface area (Å²) in [5.41, 5.74) is -2.49. The van der Waals surface area contributed by atoms with Gasteiger partial charge in [0.05, 0.1) is 12.6 Å². The van der Waals surface area contributed by atoms with E-state index in [1.54, 1.807) is 13.8 Å². The van der Waals surface area contributed by atoms with E-state index >= 15 is 0 Å². The van der Waals surface area contributed by atoms with E-state index < -0.39 is 51.5 Å². The van der Waals surface area contributed by atoms with Crippen molar-refractivity contribution in [2.24, 2.45) is 17.8 Å². The maximum atomic E-state index is 13.3. The number of aliphatic hydroxyl groups excluding tert-OH is 1. The Morgan fingerprint density at radius 1 is 1.22 bits per heavy atom. The van der Waals surface area contributed by atoms with Crippen molar-refractivity contribution in [3.05, 3.63) is 0 Å². The Bertz CT molecular complexity index is 867. The number of carbonyl (C=O) groups is 3. The van der Waals surface area contributed by atoms with Crippen LogP contribution in [0.2, 0.25) is 0 Å². The van der Waals surface area contributed by atoms with Crippen molar-refractivity contribution in [2.75, 3.05) is 13.2 Å². The van der Waals surface area contributed by atoms with Crippen LogP contribution in [0.15, 0.2) is 0 Å². The molecule has 0 radical (unpaired) electrons. The molecule has 0 aromatic rings. The molecule has 1 saturated carbocycles. The van der Waals surface area contributed by atoms with E-state index in [1.807, 2.05) is 0 Å². The van der Waals surface area contributed by atoms with Crippen molar-refractivity contribution in [3.63, 3.8) is 0 Å². The number of halogens is 2. The smallest absolute Gasteiger partial charge is 0.746 e. The molecule has 0 aromatic heterocycles. The van der Waals surface area contributed by atoms with E-state index in [9.17, 15) is 41.2 Å². The Morgan fingerprint density at radius 2 is 1.83 bits per heavy atom. The van der Waals surface area contributed by atoms with Gasteiger partial charge in [-0.1, -0.05) is 13.8 Å². The molecule has 11 nitrogen and oxygen atoms in total. The third-order valence-electron chi connectivity index (χ3n) is 6.27. The maximum absolute atomic E-state index is 13.3. The molecule has 0 aromatic carbocycles. The molecule has 15 heteroatoms. The molecule has 3 amide bonds. The summed E-state index contributed by atoms with van der Waals surface area (Å²) < 4.78 is 65.9. The Balaban J connectivity index is 0.00000648. The van der Waals surface area contributed by atoms with Gasteiger partial charge in [-0.2, -0.15) is 0 Å². The number of carbonyl (C=O) groups excluding carboxylic acids is 3. The van der Waals surface area contributed by atoms with Crippen LogP contribution in [0.1, 0.15) is 58.8 Å². The number of amides is 3. The molecular weight excluding hydrogens is 515 g/mol.